The van der Waals surface area contributed by atoms with Crippen molar-refractivity contribution in [3.63, 3.8) is 0 Å². The zero-order chi connectivity index (χ0) is 24.1. The van der Waals surface area contributed by atoms with Crippen LogP contribution in [0.25, 0.3) is 0 Å². The molecule has 1 N–H and O–H groups in total. The maximum atomic E-state index is 13.0. The molecule has 2 aliphatic rings. The van der Waals surface area contributed by atoms with Gasteiger partial charge in [-0.2, -0.15) is 0 Å². The summed E-state index contributed by atoms with van der Waals surface area (Å²) in [7, 11) is 2.91. The fraction of sp³-hybridized carbons (Fsp3) is 0.400. The number of hydrogen-bond acceptors (Lipinski definition) is 7. The Morgan fingerprint density at radius 3 is 2.50 bits per heavy atom. The van der Waals surface area contributed by atoms with Crippen LogP contribution in [0, 0.1) is 0 Å². The van der Waals surface area contributed by atoms with Crippen LogP contribution < -0.4 is 14.8 Å². The number of carbonyl (C=O) groups is 3. The highest BCUT2D eigenvalue weighted by molar-refractivity contribution is 7.12. The van der Waals surface area contributed by atoms with Crippen LogP contribution in [0.15, 0.2) is 41.4 Å². The lowest BCUT2D eigenvalue weighted by Gasteiger charge is -2.27. The molecule has 4 rings (SSSR count). The van der Waals surface area contributed by atoms with Gasteiger partial charge in [0.05, 0.1) is 30.3 Å². The summed E-state index contributed by atoms with van der Waals surface area (Å²) in [6, 6.07) is 6.59. The predicted molar refractivity (Wildman–Crippen MR) is 129 cm³/mol. The molecule has 34 heavy (non-hydrogen) atoms. The summed E-state index contributed by atoms with van der Waals surface area (Å²) >= 11 is 1.28. The molecule has 1 saturated carbocycles. The van der Waals surface area contributed by atoms with Crippen molar-refractivity contribution in [3.05, 3.63) is 51.9 Å². The number of methoxy groups -OCH3 is 2. The molecule has 1 heterocycles. The highest BCUT2D eigenvalue weighted by Gasteiger charge is 2.35. The molecule has 2 aromatic rings. The van der Waals surface area contributed by atoms with E-state index in [4.69, 9.17) is 14.2 Å². The van der Waals surface area contributed by atoms with E-state index in [0.717, 1.165) is 44.2 Å². The van der Waals surface area contributed by atoms with E-state index < -0.39 is 5.97 Å². The molecule has 0 radical (unpaired) electrons. The third-order valence-corrected chi connectivity index (χ3v) is 6.69. The monoisotopic (exact) mass is 484 g/mol. The number of benzene rings is 1. The third-order valence-electron chi connectivity index (χ3n) is 5.82. The van der Waals surface area contributed by atoms with Crippen LogP contribution in [0.5, 0.6) is 11.5 Å². The van der Waals surface area contributed by atoms with Crippen LogP contribution in [-0.4, -0.2) is 49.6 Å². The summed E-state index contributed by atoms with van der Waals surface area (Å²) in [5.74, 6) is -0.670. The number of carbonyl (C=O) groups excluding carboxylic acids is 3. The Hall–Kier alpha value is -3.33. The van der Waals surface area contributed by atoms with Crippen molar-refractivity contribution in [1.82, 2.24) is 4.90 Å². The van der Waals surface area contributed by atoms with Crippen LogP contribution in [0.4, 0.5) is 5.69 Å². The SMILES string of the molecule is COc1cc(NC(=O)c2cccs2)c(C(=O)OCC(=O)N(C2=CCCCC2)C2CC2)cc1OC. The van der Waals surface area contributed by atoms with E-state index in [-0.39, 0.29) is 35.7 Å². The first-order valence-corrected chi connectivity index (χ1v) is 12.2. The Labute approximate surface area is 202 Å². The average Bonchev–Trinajstić information content (AvgIpc) is 3.53. The second-order valence-corrected chi connectivity index (χ2v) is 9.14. The van der Waals surface area contributed by atoms with Gasteiger partial charge in [0.1, 0.15) is 0 Å². The number of anilines is 1. The number of nitrogens with zero attached hydrogens (tertiary/aromatic N) is 1. The predicted octanol–water partition coefficient (Wildman–Crippen LogP) is 4.62. The summed E-state index contributed by atoms with van der Waals surface area (Å²) in [6.45, 7) is -0.376. The number of allylic oxidation sites excluding steroid dienone is 2. The first kappa shape index (κ1) is 23.8. The van der Waals surface area contributed by atoms with Gasteiger partial charge in [0.2, 0.25) is 0 Å². The standard InChI is InChI=1S/C25H28N2O6S/c1-31-20-13-18(19(14-21(20)32-2)26-24(29)22-9-6-12-34-22)25(30)33-15-23(28)27(17-10-11-17)16-7-4-3-5-8-16/h6-7,9,12-14,17H,3-5,8,10-11,15H2,1-2H3,(H,26,29). The van der Waals surface area contributed by atoms with Gasteiger partial charge in [0.15, 0.2) is 18.1 Å². The van der Waals surface area contributed by atoms with Crippen LogP contribution in [-0.2, 0) is 9.53 Å². The maximum absolute atomic E-state index is 13.0. The Balaban J connectivity index is 1.52. The van der Waals surface area contributed by atoms with Gasteiger partial charge in [-0.05, 0) is 50.0 Å². The molecule has 9 heteroatoms. The summed E-state index contributed by atoms with van der Waals surface area (Å²) in [4.78, 5) is 41.0. The highest BCUT2D eigenvalue weighted by atomic mass is 32.1. The molecule has 1 aromatic carbocycles. The summed E-state index contributed by atoms with van der Waals surface area (Å²) in [5, 5.41) is 4.53. The molecule has 180 valence electrons. The molecule has 0 spiro atoms. The fourth-order valence-electron chi connectivity index (χ4n) is 3.99. The van der Waals surface area contributed by atoms with E-state index >= 15 is 0 Å². The van der Waals surface area contributed by atoms with Crippen LogP contribution in [0.2, 0.25) is 0 Å². The van der Waals surface area contributed by atoms with E-state index in [2.05, 4.69) is 11.4 Å². The van der Waals surface area contributed by atoms with E-state index in [9.17, 15) is 14.4 Å². The molecular formula is C25H28N2O6S. The smallest absolute Gasteiger partial charge is 0.340 e. The van der Waals surface area contributed by atoms with Crippen molar-refractivity contribution < 1.29 is 28.6 Å². The van der Waals surface area contributed by atoms with Crippen molar-refractivity contribution in [1.29, 1.82) is 0 Å². The number of esters is 1. The molecule has 1 aromatic heterocycles. The topological polar surface area (TPSA) is 94.2 Å². The van der Waals surface area contributed by atoms with E-state index in [1.165, 1.54) is 37.7 Å². The Kier molecular flexibility index (Phi) is 7.52. The van der Waals surface area contributed by atoms with Crippen LogP contribution in [0.1, 0.15) is 58.6 Å². The number of thiophene rings is 1. The first-order valence-electron chi connectivity index (χ1n) is 11.3. The minimum atomic E-state index is -0.732. The fourth-order valence-corrected chi connectivity index (χ4v) is 4.61. The van der Waals surface area contributed by atoms with Crippen LogP contribution >= 0.6 is 11.3 Å². The van der Waals surface area contributed by atoms with Crippen molar-refractivity contribution in [2.75, 3.05) is 26.1 Å². The lowest BCUT2D eigenvalue weighted by Crippen LogP contribution is -2.36. The minimum absolute atomic E-state index is 0.0743. The van der Waals surface area contributed by atoms with E-state index in [1.807, 2.05) is 0 Å². The minimum Gasteiger partial charge on any atom is -0.493 e. The van der Waals surface area contributed by atoms with Gasteiger partial charge in [-0.25, -0.2) is 4.79 Å². The van der Waals surface area contributed by atoms with Crippen LogP contribution in [0.3, 0.4) is 0 Å². The molecule has 0 bridgehead atoms. The normalized spacial score (nSPS) is 15.2. The molecule has 0 saturated heterocycles. The zero-order valence-corrected chi connectivity index (χ0v) is 20.1. The zero-order valence-electron chi connectivity index (χ0n) is 19.3. The molecule has 0 unspecified atom stereocenters. The number of ether oxygens (including phenoxy) is 3. The largest absolute Gasteiger partial charge is 0.493 e. The number of hydrogen-bond donors (Lipinski definition) is 1. The van der Waals surface area contributed by atoms with Gasteiger partial charge in [0, 0.05) is 23.9 Å². The van der Waals surface area contributed by atoms with Gasteiger partial charge >= 0.3 is 5.97 Å². The highest BCUT2D eigenvalue weighted by Crippen LogP contribution is 2.35. The van der Waals surface area contributed by atoms with Gasteiger partial charge in [-0.15, -0.1) is 11.3 Å². The second kappa shape index (κ2) is 10.7. The van der Waals surface area contributed by atoms with Gasteiger partial charge in [0.25, 0.3) is 11.8 Å². The molecule has 0 aliphatic heterocycles. The van der Waals surface area contributed by atoms with Crippen molar-refractivity contribution in [3.8, 4) is 11.5 Å². The molecule has 0 atom stereocenters. The number of rotatable bonds is 9. The third kappa shape index (κ3) is 5.41. The van der Waals surface area contributed by atoms with Gasteiger partial charge in [-0.3, -0.25) is 9.59 Å². The lowest BCUT2D eigenvalue weighted by molar-refractivity contribution is -0.133. The molecule has 8 nitrogen and oxygen atoms in total. The number of nitrogens with one attached hydrogen (secondary N) is 1. The van der Waals surface area contributed by atoms with Gasteiger partial charge in [-0.1, -0.05) is 12.1 Å². The second-order valence-electron chi connectivity index (χ2n) is 8.20. The van der Waals surface area contributed by atoms with Gasteiger partial charge < -0.3 is 24.4 Å². The number of amides is 2. The summed E-state index contributed by atoms with van der Waals surface area (Å²) < 4.78 is 16.1. The quantitative estimate of drug-likeness (QED) is 0.522. The Bertz CT molecular complexity index is 1090. The lowest BCUT2D eigenvalue weighted by atomic mass is 10.0. The first-order chi connectivity index (χ1) is 16.5. The molecule has 2 amide bonds. The van der Waals surface area contributed by atoms with E-state index in [0.29, 0.717) is 16.4 Å². The van der Waals surface area contributed by atoms with Crippen molar-refractivity contribution >= 4 is 34.8 Å². The molecule has 2 aliphatic carbocycles. The maximum Gasteiger partial charge on any atom is 0.340 e. The molecule has 1 fully saturated rings. The Morgan fingerprint density at radius 1 is 1.12 bits per heavy atom. The summed E-state index contributed by atoms with van der Waals surface area (Å²) in [5.41, 5.74) is 1.32. The van der Waals surface area contributed by atoms with Crippen molar-refractivity contribution in [2.45, 2.75) is 44.6 Å². The molecular weight excluding hydrogens is 456 g/mol. The van der Waals surface area contributed by atoms with E-state index in [1.54, 1.807) is 22.4 Å². The average molecular weight is 485 g/mol. The summed E-state index contributed by atoms with van der Waals surface area (Å²) in [6.07, 6.45) is 8.06. The van der Waals surface area contributed by atoms with Crippen molar-refractivity contribution in [2.24, 2.45) is 0 Å². The Morgan fingerprint density at radius 2 is 1.88 bits per heavy atom.